The Morgan fingerprint density at radius 2 is 1.69 bits per heavy atom. The van der Waals surface area contributed by atoms with Crippen LogP contribution in [0.1, 0.15) is 43.1 Å². The van der Waals surface area contributed by atoms with Gasteiger partial charge < -0.3 is 20.1 Å². The van der Waals surface area contributed by atoms with Crippen molar-refractivity contribution < 1.29 is 23.9 Å². The van der Waals surface area contributed by atoms with E-state index in [-0.39, 0.29) is 30.9 Å². The molecule has 0 saturated carbocycles. The van der Waals surface area contributed by atoms with Gasteiger partial charge in [-0.15, -0.1) is 0 Å². The summed E-state index contributed by atoms with van der Waals surface area (Å²) in [5.41, 5.74) is 1.90. The third kappa shape index (κ3) is 7.29. The number of hydrogen-bond acceptors (Lipinski definition) is 5. The molecule has 0 fully saturated rings. The molecule has 7 heteroatoms. The molecule has 2 N–H and O–H groups in total. The van der Waals surface area contributed by atoms with Crippen molar-refractivity contribution in [3.63, 3.8) is 0 Å². The second-order valence-corrected chi connectivity index (χ2v) is 6.80. The molecule has 0 aliphatic rings. The average molecular weight is 398 g/mol. The summed E-state index contributed by atoms with van der Waals surface area (Å²) >= 11 is 0. The number of amides is 2. The van der Waals surface area contributed by atoms with Crippen LogP contribution in [0.2, 0.25) is 0 Å². The second kappa shape index (κ2) is 10.8. The van der Waals surface area contributed by atoms with Gasteiger partial charge in [-0.1, -0.05) is 32.0 Å². The van der Waals surface area contributed by atoms with Gasteiger partial charge in [-0.05, 0) is 48.7 Å². The van der Waals surface area contributed by atoms with Crippen molar-refractivity contribution in [2.24, 2.45) is 5.92 Å². The lowest BCUT2D eigenvalue weighted by molar-refractivity contribution is -0.116. The fraction of sp³-hybridized carbons (Fsp3) is 0.318. The third-order valence-corrected chi connectivity index (χ3v) is 3.90. The zero-order chi connectivity index (χ0) is 21.2. The lowest BCUT2D eigenvalue weighted by atomic mass is 10.1. The van der Waals surface area contributed by atoms with E-state index in [0.717, 1.165) is 5.56 Å². The van der Waals surface area contributed by atoms with Gasteiger partial charge in [-0.3, -0.25) is 9.59 Å². The lowest BCUT2D eigenvalue weighted by Crippen LogP contribution is -2.24. The predicted octanol–water partition coefficient (Wildman–Crippen LogP) is 4.14. The largest absolute Gasteiger partial charge is 0.513 e. The summed E-state index contributed by atoms with van der Waals surface area (Å²) in [6, 6.07) is 13.5. The Kier molecular flexibility index (Phi) is 8.21. The summed E-state index contributed by atoms with van der Waals surface area (Å²) in [6.45, 7) is 6.13. The molecule has 0 spiro atoms. The average Bonchev–Trinajstić information content (AvgIpc) is 2.67. The summed E-state index contributed by atoms with van der Waals surface area (Å²) in [4.78, 5) is 35.7. The van der Waals surface area contributed by atoms with Crippen molar-refractivity contribution >= 4 is 23.7 Å². The molecule has 2 aromatic rings. The standard InChI is InChI=1S/C22H26N2O5/c1-4-28-22(27)29-18-11-9-16(10-12-18)21(26)23-14-17-7-5-6-8-19(17)24-20(25)13-15(2)3/h5-12,15H,4,13-14H2,1-3H3,(H,23,26)(H,24,25). The summed E-state index contributed by atoms with van der Waals surface area (Å²) in [5, 5.41) is 5.72. The maximum absolute atomic E-state index is 12.4. The molecule has 2 aromatic carbocycles. The molecule has 0 unspecified atom stereocenters. The summed E-state index contributed by atoms with van der Waals surface area (Å²) in [7, 11) is 0. The van der Waals surface area contributed by atoms with E-state index >= 15 is 0 Å². The first kappa shape index (κ1) is 21.9. The highest BCUT2D eigenvalue weighted by Crippen LogP contribution is 2.17. The predicted molar refractivity (Wildman–Crippen MR) is 110 cm³/mol. The Balaban J connectivity index is 1.95. The van der Waals surface area contributed by atoms with E-state index in [4.69, 9.17) is 9.47 Å². The number of carbonyl (C=O) groups is 3. The summed E-state index contributed by atoms with van der Waals surface area (Å²) in [6.07, 6.45) is -0.359. The number of nitrogens with one attached hydrogen (secondary N) is 2. The van der Waals surface area contributed by atoms with Gasteiger partial charge in [0.1, 0.15) is 5.75 Å². The molecule has 0 heterocycles. The Labute approximate surface area is 170 Å². The second-order valence-electron chi connectivity index (χ2n) is 6.80. The summed E-state index contributed by atoms with van der Waals surface area (Å²) in [5.74, 6) is 0.211. The third-order valence-electron chi connectivity index (χ3n) is 3.90. The number of benzene rings is 2. The topological polar surface area (TPSA) is 93.7 Å². The Bertz CT molecular complexity index is 847. The highest BCUT2D eigenvalue weighted by atomic mass is 16.7. The van der Waals surface area contributed by atoms with Crippen molar-refractivity contribution in [1.29, 1.82) is 0 Å². The van der Waals surface area contributed by atoms with Gasteiger partial charge in [-0.2, -0.15) is 0 Å². The molecule has 0 aromatic heterocycles. The number of rotatable bonds is 8. The van der Waals surface area contributed by atoms with Crippen LogP contribution in [0.3, 0.4) is 0 Å². The molecular weight excluding hydrogens is 372 g/mol. The number of hydrogen-bond donors (Lipinski definition) is 2. The Hall–Kier alpha value is -3.35. The van der Waals surface area contributed by atoms with E-state index in [0.29, 0.717) is 23.4 Å². The van der Waals surface area contributed by atoms with Gasteiger partial charge in [0.05, 0.1) is 6.61 Å². The van der Waals surface area contributed by atoms with Crippen LogP contribution in [0, 0.1) is 5.92 Å². The number of ether oxygens (including phenoxy) is 2. The SMILES string of the molecule is CCOC(=O)Oc1ccc(C(=O)NCc2ccccc2NC(=O)CC(C)C)cc1. The fourth-order valence-corrected chi connectivity index (χ4v) is 2.56. The zero-order valence-corrected chi connectivity index (χ0v) is 16.9. The maximum Gasteiger partial charge on any atom is 0.513 e. The molecule has 0 radical (unpaired) electrons. The lowest BCUT2D eigenvalue weighted by Gasteiger charge is -2.13. The van der Waals surface area contributed by atoms with Crippen molar-refractivity contribution in [2.45, 2.75) is 33.7 Å². The Morgan fingerprint density at radius 1 is 1.00 bits per heavy atom. The van der Waals surface area contributed by atoms with E-state index in [9.17, 15) is 14.4 Å². The number of anilines is 1. The number of para-hydroxylation sites is 1. The van der Waals surface area contributed by atoms with Crippen molar-refractivity contribution in [2.75, 3.05) is 11.9 Å². The van der Waals surface area contributed by atoms with Crippen molar-refractivity contribution in [3.05, 3.63) is 59.7 Å². The molecule has 2 amide bonds. The first-order valence-electron chi connectivity index (χ1n) is 9.49. The molecule has 29 heavy (non-hydrogen) atoms. The van der Waals surface area contributed by atoms with E-state index in [1.165, 1.54) is 12.1 Å². The first-order valence-corrected chi connectivity index (χ1v) is 9.49. The van der Waals surface area contributed by atoms with Crippen LogP contribution >= 0.6 is 0 Å². The van der Waals surface area contributed by atoms with Gasteiger partial charge >= 0.3 is 6.16 Å². The highest BCUT2D eigenvalue weighted by Gasteiger charge is 2.11. The van der Waals surface area contributed by atoms with Crippen molar-refractivity contribution in [1.82, 2.24) is 5.32 Å². The number of carbonyl (C=O) groups excluding carboxylic acids is 3. The van der Waals surface area contributed by atoms with Crippen LogP contribution in [0.25, 0.3) is 0 Å². The molecule has 2 rings (SSSR count). The molecule has 0 aliphatic carbocycles. The van der Waals surface area contributed by atoms with Crippen LogP contribution in [0.5, 0.6) is 5.75 Å². The summed E-state index contributed by atoms with van der Waals surface area (Å²) < 4.78 is 9.67. The molecule has 0 saturated heterocycles. The highest BCUT2D eigenvalue weighted by molar-refractivity contribution is 5.95. The van der Waals surface area contributed by atoms with Gasteiger partial charge in [0, 0.05) is 24.2 Å². The van der Waals surface area contributed by atoms with E-state index in [2.05, 4.69) is 10.6 Å². The van der Waals surface area contributed by atoms with Crippen LogP contribution in [0.15, 0.2) is 48.5 Å². The molecule has 154 valence electrons. The van der Waals surface area contributed by atoms with Gasteiger partial charge in [0.15, 0.2) is 0 Å². The molecule has 0 bridgehead atoms. The Morgan fingerprint density at radius 3 is 2.34 bits per heavy atom. The zero-order valence-electron chi connectivity index (χ0n) is 16.9. The van der Waals surface area contributed by atoms with Crippen LogP contribution in [0.4, 0.5) is 10.5 Å². The maximum atomic E-state index is 12.4. The minimum Gasteiger partial charge on any atom is -0.434 e. The van der Waals surface area contributed by atoms with Gasteiger partial charge in [0.25, 0.3) is 5.91 Å². The molecule has 0 atom stereocenters. The van der Waals surface area contributed by atoms with E-state index in [1.807, 2.05) is 32.0 Å². The smallest absolute Gasteiger partial charge is 0.434 e. The first-order chi connectivity index (χ1) is 13.9. The molecule has 7 nitrogen and oxygen atoms in total. The minimum absolute atomic E-state index is 0.0593. The van der Waals surface area contributed by atoms with E-state index in [1.54, 1.807) is 25.1 Å². The van der Waals surface area contributed by atoms with Gasteiger partial charge in [-0.25, -0.2) is 4.79 Å². The quantitative estimate of drug-likeness (QED) is 0.515. The minimum atomic E-state index is -0.791. The van der Waals surface area contributed by atoms with Gasteiger partial charge in [0.2, 0.25) is 5.91 Å². The van der Waals surface area contributed by atoms with E-state index < -0.39 is 6.16 Å². The monoisotopic (exact) mass is 398 g/mol. The molecular formula is C22H26N2O5. The van der Waals surface area contributed by atoms with Crippen LogP contribution in [-0.4, -0.2) is 24.6 Å². The normalized spacial score (nSPS) is 10.3. The van der Waals surface area contributed by atoms with Crippen LogP contribution in [-0.2, 0) is 16.1 Å². The fourth-order valence-electron chi connectivity index (χ4n) is 2.56. The van der Waals surface area contributed by atoms with Crippen LogP contribution < -0.4 is 15.4 Å². The van der Waals surface area contributed by atoms with Crippen molar-refractivity contribution in [3.8, 4) is 5.75 Å². The molecule has 0 aliphatic heterocycles.